The molecule has 4 heteroatoms. The van der Waals surface area contributed by atoms with E-state index in [1.165, 1.54) is 6.42 Å². The van der Waals surface area contributed by atoms with Crippen molar-refractivity contribution >= 4 is 0 Å². The van der Waals surface area contributed by atoms with Crippen LogP contribution in [0.4, 0.5) is 0 Å². The zero-order chi connectivity index (χ0) is 16.0. The molecule has 23 heavy (non-hydrogen) atoms. The molecule has 5 atom stereocenters. The van der Waals surface area contributed by atoms with Crippen LogP contribution in [0.1, 0.15) is 36.7 Å². The summed E-state index contributed by atoms with van der Waals surface area (Å²) >= 11 is 0. The minimum Gasteiger partial charge on any atom is -0.496 e. The molecule has 1 aromatic rings. The Morgan fingerprint density at radius 1 is 0.870 bits per heavy atom. The Morgan fingerprint density at radius 3 is 1.83 bits per heavy atom. The van der Waals surface area contributed by atoms with E-state index in [1.807, 2.05) is 12.1 Å². The van der Waals surface area contributed by atoms with Crippen LogP contribution in [0.25, 0.3) is 0 Å². The van der Waals surface area contributed by atoms with E-state index in [-0.39, 0.29) is 12.2 Å². The Balaban J connectivity index is 0.000000142. The van der Waals surface area contributed by atoms with Crippen molar-refractivity contribution in [3.63, 3.8) is 0 Å². The molecule has 0 radical (unpaired) electrons. The summed E-state index contributed by atoms with van der Waals surface area (Å²) in [6, 6.07) is 3.85. The largest absolute Gasteiger partial charge is 0.496 e. The lowest BCUT2D eigenvalue weighted by molar-refractivity contribution is 0.0862. The van der Waals surface area contributed by atoms with Gasteiger partial charge in [0.15, 0.2) is 0 Å². The number of fused-ring (bicyclic) bond motifs is 7. The van der Waals surface area contributed by atoms with Gasteiger partial charge in [0.05, 0.1) is 26.4 Å². The first-order valence-electron chi connectivity index (χ1n) is 8.13. The van der Waals surface area contributed by atoms with Crippen LogP contribution in [0.15, 0.2) is 36.4 Å². The fourth-order valence-corrected chi connectivity index (χ4v) is 3.80. The Bertz CT molecular complexity index is 625. The van der Waals surface area contributed by atoms with Gasteiger partial charge in [0.2, 0.25) is 0 Å². The SMILES string of the molecule is CC1CC2C=CC1O2.COc1ccc(OC)c2c1C1C=CC2O1. The molecule has 1 fully saturated rings. The van der Waals surface area contributed by atoms with E-state index in [0.717, 1.165) is 28.5 Å². The van der Waals surface area contributed by atoms with E-state index >= 15 is 0 Å². The maximum atomic E-state index is 5.76. The fourth-order valence-electron chi connectivity index (χ4n) is 3.80. The third kappa shape index (κ3) is 2.37. The molecule has 4 aliphatic heterocycles. The van der Waals surface area contributed by atoms with Crippen LogP contribution >= 0.6 is 0 Å². The molecule has 1 aromatic carbocycles. The average Bonchev–Trinajstić information content (AvgIpc) is 3.34. The first-order valence-corrected chi connectivity index (χ1v) is 8.13. The quantitative estimate of drug-likeness (QED) is 0.779. The molecule has 4 aliphatic rings. The second-order valence-electron chi connectivity index (χ2n) is 6.40. The van der Waals surface area contributed by atoms with Gasteiger partial charge in [-0.05, 0) is 24.5 Å². The molecule has 0 spiro atoms. The van der Waals surface area contributed by atoms with Gasteiger partial charge in [-0.15, -0.1) is 0 Å². The van der Waals surface area contributed by atoms with Crippen molar-refractivity contribution in [2.24, 2.45) is 5.92 Å². The van der Waals surface area contributed by atoms with Crippen molar-refractivity contribution in [2.45, 2.75) is 37.8 Å². The number of rotatable bonds is 2. The highest BCUT2D eigenvalue weighted by Gasteiger charge is 2.38. The molecule has 0 amide bonds. The van der Waals surface area contributed by atoms with Crippen LogP contribution in [-0.2, 0) is 9.47 Å². The first-order chi connectivity index (χ1) is 11.2. The molecule has 0 aliphatic carbocycles. The Hall–Kier alpha value is -1.78. The van der Waals surface area contributed by atoms with Crippen LogP contribution in [0.5, 0.6) is 11.5 Å². The van der Waals surface area contributed by atoms with Crippen LogP contribution in [0, 0.1) is 5.92 Å². The summed E-state index contributed by atoms with van der Waals surface area (Å²) in [5.41, 5.74) is 2.23. The van der Waals surface area contributed by atoms with Gasteiger partial charge in [-0.3, -0.25) is 0 Å². The number of benzene rings is 1. The van der Waals surface area contributed by atoms with Gasteiger partial charge in [-0.25, -0.2) is 0 Å². The zero-order valence-corrected chi connectivity index (χ0v) is 13.7. The first kappa shape index (κ1) is 14.8. The highest BCUT2D eigenvalue weighted by atomic mass is 16.5. The summed E-state index contributed by atoms with van der Waals surface area (Å²) in [7, 11) is 3.36. The molecule has 0 saturated carbocycles. The molecular weight excluding hydrogens is 292 g/mol. The summed E-state index contributed by atoms with van der Waals surface area (Å²) < 4.78 is 21.9. The van der Waals surface area contributed by atoms with Gasteiger partial charge in [-0.1, -0.05) is 31.2 Å². The average molecular weight is 314 g/mol. The predicted molar refractivity (Wildman–Crippen MR) is 86.8 cm³/mol. The Kier molecular flexibility index (Phi) is 3.66. The van der Waals surface area contributed by atoms with Crippen LogP contribution in [-0.4, -0.2) is 26.4 Å². The summed E-state index contributed by atoms with van der Waals surface area (Å²) in [4.78, 5) is 0. The number of methoxy groups -OCH3 is 2. The van der Waals surface area contributed by atoms with Gasteiger partial charge < -0.3 is 18.9 Å². The predicted octanol–water partition coefficient (Wildman–Crippen LogP) is 3.74. The molecule has 122 valence electrons. The maximum Gasteiger partial charge on any atom is 0.125 e. The van der Waals surface area contributed by atoms with E-state index in [1.54, 1.807) is 14.2 Å². The Morgan fingerprint density at radius 2 is 1.48 bits per heavy atom. The van der Waals surface area contributed by atoms with Gasteiger partial charge in [0.25, 0.3) is 0 Å². The lowest BCUT2D eigenvalue weighted by Crippen LogP contribution is -2.07. The van der Waals surface area contributed by atoms with Crippen molar-refractivity contribution in [3.8, 4) is 11.5 Å². The minimum atomic E-state index is 0.0371. The van der Waals surface area contributed by atoms with E-state index < -0.39 is 0 Å². The van der Waals surface area contributed by atoms with Crippen molar-refractivity contribution in [1.29, 1.82) is 0 Å². The van der Waals surface area contributed by atoms with Crippen molar-refractivity contribution in [3.05, 3.63) is 47.6 Å². The van der Waals surface area contributed by atoms with Crippen molar-refractivity contribution in [1.82, 2.24) is 0 Å². The van der Waals surface area contributed by atoms with Gasteiger partial charge in [0.1, 0.15) is 23.7 Å². The topological polar surface area (TPSA) is 36.9 Å². The second kappa shape index (κ2) is 5.69. The molecule has 4 bridgehead atoms. The third-order valence-electron chi connectivity index (χ3n) is 4.98. The molecule has 1 saturated heterocycles. The smallest absolute Gasteiger partial charge is 0.125 e. The van der Waals surface area contributed by atoms with E-state index in [2.05, 4.69) is 31.2 Å². The minimum absolute atomic E-state index is 0.0371. The van der Waals surface area contributed by atoms with Gasteiger partial charge in [0, 0.05) is 11.1 Å². The fraction of sp³-hybridized carbons (Fsp3) is 0.474. The number of hydrogen-bond acceptors (Lipinski definition) is 4. The highest BCUT2D eigenvalue weighted by Crippen LogP contribution is 2.52. The van der Waals surface area contributed by atoms with E-state index in [4.69, 9.17) is 18.9 Å². The summed E-state index contributed by atoms with van der Waals surface area (Å²) in [5.74, 6) is 2.52. The van der Waals surface area contributed by atoms with Crippen LogP contribution in [0.3, 0.4) is 0 Å². The number of ether oxygens (including phenoxy) is 4. The van der Waals surface area contributed by atoms with Crippen molar-refractivity contribution < 1.29 is 18.9 Å². The van der Waals surface area contributed by atoms with E-state index in [0.29, 0.717) is 12.2 Å². The number of hydrogen-bond donors (Lipinski definition) is 0. The van der Waals surface area contributed by atoms with Crippen molar-refractivity contribution in [2.75, 3.05) is 14.2 Å². The molecule has 0 N–H and O–H groups in total. The zero-order valence-electron chi connectivity index (χ0n) is 13.7. The maximum absolute atomic E-state index is 5.76. The Labute approximate surface area is 136 Å². The summed E-state index contributed by atoms with van der Waals surface area (Å²) in [6.45, 7) is 2.24. The lowest BCUT2D eigenvalue weighted by Gasteiger charge is -2.15. The van der Waals surface area contributed by atoms with Gasteiger partial charge >= 0.3 is 0 Å². The third-order valence-corrected chi connectivity index (χ3v) is 4.98. The molecule has 5 rings (SSSR count). The molecule has 5 unspecified atom stereocenters. The van der Waals surface area contributed by atoms with Crippen LogP contribution < -0.4 is 9.47 Å². The standard InChI is InChI=1S/C12H12O3.C7H10O/c1-13-7-3-4-8(14-2)12-10-6-5-9(15-10)11(7)12;1-5-4-6-2-3-7(5)8-6/h3-6,9-10H,1-2H3;2-3,5-7H,4H2,1H3. The molecule has 4 heterocycles. The molecular formula is C19H22O4. The van der Waals surface area contributed by atoms with Gasteiger partial charge in [-0.2, -0.15) is 0 Å². The second-order valence-corrected chi connectivity index (χ2v) is 6.40. The normalized spacial score (nSPS) is 34.3. The summed E-state index contributed by atoms with van der Waals surface area (Å²) in [6.07, 6.45) is 10.7. The molecule has 0 aromatic heterocycles. The highest BCUT2D eigenvalue weighted by molar-refractivity contribution is 5.57. The lowest BCUT2D eigenvalue weighted by atomic mass is 9.95. The van der Waals surface area contributed by atoms with E-state index in [9.17, 15) is 0 Å². The van der Waals surface area contributed by atoms with Crippen LogP contribution in [0.2, 0.25) is 0 Å². The monoisotopic (exact) mass is 314 g/mol. The summed E-state index contributed by atoms with van der Waals surface area (Å²) in [5, 5.41) is 0. The molecule has 4 nitrogen and oxygen atoms in total.